The molecule has 0 amide bonds. The first-order chi connectivity index (χ1) is 8.78. The monoisotopic (exact) mass is 242 g/mol. The predicted octanol–water partition coefficient (Wildman–Crippen LogP) is 1.01. The molecule has 90 valence electrons. The highest BCUT2D eigenvalue weighted by Gasteiger charge is 2.09. The number of pyridine rings is 1. The number of imidazole rings is 1. The summed E-state index contributed by atoms with van der Waals surface area (Å²) >= 11 is 0. The fourth-order valence-electron chi connectivity index (χ4n) is 1.62. The third-order valence-corrected chi connectivity index (χ3v) is 2.52. The lowest BCUT2D eigenvalue weighted by molar-refractivity contribution is 0.398. The molecule has 0 aliphatic heterocycles. The maximum atomic E-state index is 5.83. The van der Waals surface area contributed by atoms with Gasteiger partial charge in [-0.3, -0.25) is 0 Å². The van der Waals surface area contributed by atoms with Crippen LogP contribution in [0, 0.1) is 0 Å². The number of hydrogen-bond donors (Lipinski definition) is 2. The van der Waals surface area contributed by atoms with Gasteiger partial charge in [0.15, 0.2) is 17.3 Å². The molecule has 7 nitrogen and oxygen atoms in total. The van der Waals surface area contributed by atoms with Gasteiger partial charge in [0.25, 0.3) is 0 Å². The van der Waals surface area contributed by atoms with Crippen LogP contribution in [0.5, 0.6) is 5.88 Å². The Morgan fingerprint density at radius 1 is 1.22 bits per heavy atom. The standard InChI is InChI=1S/C11H10N6O/c1-18-7-3-2-6(4-13-7)10-16-9(12)8-11(17-10)15-5-14-8/h2-5H,1H3,(H3,12,14,15,16,17). The van der Waals surface area contributed by atoms with Crippen LogP contribution < -0.4 is 10.5 Å². The number of rotatable bonds is 2. The van der Waals surface area contributed by atoms with E-state index in [9.17, 15) is 0 Å². The second kappa shape index (κ2) is 3.95. The highest BCUT2D eigenvalue weighted by Crippen LogP contribution is 2.21. The van der Waals surface area contributed by atoms with Gasteiger partial charge in [-0.25, -0.2) is 19.9 Å². The van der Waals surface area contributed by atoms with E-state index in [-0.39, 0.29) is 0 Å². The van der Waals surface area contributed by atoms with Crippen LogP contribution in [-0.2, 0) is 0 Å². The van der Waals surface area contributed by atoms with Crippen LogP contribution in [-0.4, -0.2) is 32.0 Å². The quantitative estimate of drug-likeness (QED) is 0.695. The number of anilines is 1. The molecule has 0 aromatic carbocycles. The first-order valence-corrected chi connectivity index (χ1v) is 5.25. The highest BCUT2D eigenvalue weighted by molar-refractivity contribution is 5.83. The van der Waals surface area contributed by atoms with Gasteiger partial charge in [0.05, 0.1) is 13.4 Å². The van der Waals surface area contributed by atoms with Gasteiger partial charge in [-0.2, -0.15) is 0 Å². The number of aromatic nitrogens is 5. The topological polar surface area (TPSA) is 103 Å². The highest BCUT2D eigenvalue weighted by atomic mass is 16.5. The first kappa shape index (κ1) is 10.5. The van der Waals surface area contributed by atoms with Crippen LogP contribution in [0.2, 0.25) is 0 Å². The Balaban J connectivity index is 2.12. The van der Waals surface area contributed by atoms with Crippen LogP contribution in [0.1, 0.15) is 0 Å². The lowest BCUT2D eigenvalue weighted by Gasteiger charge is -2.02. The fourth-order valence-corrected chi connectivity index (χ4v) is 1.62. The molecule has 0 fully saturated rings. The van der Waals surface area contributed by atoms with E-state index in [1.54, 1.807) is 19.4 Å². The Kier molecular flexibility index (Phi) is 2.30. The van der Waals surface area contributed by atoms with Gasteiger partial charge >= 0.3 is 0 Å². The lowest BCUT2D eigenvalue weighted by Crippen LogP contribution is -1.98. The molecule has 0 aliphatic rings. The zero-order chi connectivity index (χ0) is 12.5. The second-order valence-corrected chi connectivity index (χ2v) is 3.62. The second-order valence-electron chi connectivity index (χ2n) is 3.62. The van der Waals surface area contributed by atoms with Gasteiger partial charge in [0.2, 0.25) is 5.88 Å². The Labute approximate surface area is 102 Å². The average Bonchev–Trinajstić information content (AvgIpc) is 2.88. The van der Waals surface area contributed by atoms with Crippen molar-refractivity contribution in [1.82, 2.24) is 24.9 Å². The number of aromatic amines is 1. The minimum absolute atomic E-state index is 0.364. The number of nitrogens with zero attached hydrogens (tertiary/aromatic N) is 4. The van der Waals surface area contributed by atoms with Crippen molar-refractivity contribution >= 4 is 17.0 Å². The van der Waals surface area contributed by atoms with E-state index >= 15 is 0 Å². The molecule has 0 bridgehead atoms. The predicted molar refractivity (Wildman–Crippen MR) is 65.9 cm³/mol. The fraction of sp³-hybridized carbons (Fsp3) is 0.0909. The summed E-state index contributed by atoms with van der Waals surface area (Å²) in [6, 6.07) is 3.56. The zero-order valence-corrected chi connectivity index (χ0v) is 9.58. The van der Waals surface area contributed by atoms with E-state index in [1.165, 1.54) is 6.33 Å². The molecule has 3 aromatic rings. The van der Waals surface area contributed by atoms with Crippen molar-refractivity contribution in [2.75, 3.05) is 12.8 Å². The van der Waals surface area contributed by atoms with Crippen molar-refractivity contribution in [3.05, 3.63) is 24.7 Å². The van der Waals surface area contributed by atoms with Gasteiger partial charge < -0.3 is 15.5 Å². The number of nitrogen functional groups attached to an aromatic ring is 1. The number of H-pyrrole nitrogens is 1. The lowest BCUT2D eigenvalue weighted by atomic mass is 10.2. The Hall–Kier alpha value is -2.70. The molecule has 3 aromatic heterocycles. The van der Waals surface area contributed by atoms with E-state index in [4.69, 9.17) is 10.5 Å². The van der Waals surface area contributed by atoms with Crippen LogP contribution >= 0.6 is 0 Å². The number of ether oxygens (including phenoxy) is 1. The summed E-state index contributed by atoms with van der Waals surface area (Å²) in [5.41, 5.74) is 7.76. The molecule has 0 aliphatic carbocycles. The largest absolute Gasteiger partial charge is 0.481 e. The van der Waals surface area contributed by atoms with Crippen molar-refractivity contribution in [1.29, 1.82) is 0 Å². The molecule has 3 N–H and O–H groups in total. The van der Waals surface area contributed by atoms with Gasteiger partial charge in [0, 0.05) is 17.8 Å². The molecule has 7 heteroatoms. The van der Waals surface area contributed by atoms with E-state index in [2.05, 4.69) is 24.9 Å². The number of nitrogens with one attached hydrogen (secondary N) is 1. The summed E-state index contributed by atoms with van der Waals surface area (Å²) < 4.78 is 4.99. The molecular weight excluding hydrogens is 232 g/mol. The minimum atomic E-state index is 0.364. The Morgan fingerprint density at radius 3 is 2.83 bits per heavy atom. The molecule has 0 saturated heterocycles. The summed E-state index contributed by atoms with van der Waals surface area (Å²) in [6.07, 6.45) is 3.16. The van der Waals surface area contributed by atoms with Crippen LogP contribution in [0.25, 0.3) is 22.6 Å². The molecule has 3 heterocycles. The maximum Gasteiger partial charge on any atom is 0.212 e. The van der Waals surface area contributed by atoms with Crippen molar-refractivity contribution in [3.63, 3.8) is 0 Å². The third kappa shape index (κ3) is 1.61. The van der Waals surface area contributed by atoms with Crippen molar-refractivity contribution < 1.29 is 4.74 Å². The Bertz CT molecular complexity index is 690. The summed E-state index contributed by atoms with van der Waals surface area (Å²) in [5, 5.41) is 0. The molecule has 0 saturated carbocycles. The van der Waals surface area contributed by atoms with Gasteiger partial charge in [0.1, 0.15) is 5.52 Å². The smallest absolute Gasteiger partial charge is 0.212 e. The van der Waals surface area contributed by atoms with Crippen LogP contribution in [0.3, 0.4) is 0 Å². The van der Waals surface area contributed by atoms with E-state index in [1.807, 2.05) is 6.07 Å². The SMILES string of the molecule is COc1ccc(-c2nc(N)c3[nH]cnc3n2)cn1. The maximum absolute atomic E-state index is 5.83. The number of hydrogen-bond acceptors (Lipinski definition) is 6. The molecule has 0 spiro atoms. The summed E-state index contributed by atoms with van der Waals surface area (Å²) in [5.74, 6) is 1.39. The summed E-state index contributed by atoms with van der Waals surface area (Å²) in [4.78, 5) is 19.6. The van der Waals surface area contributed by atoms with E-state index in [0.29, 0.717) is 28.7 Å². The molecule has 0 radical (unpaired) electrons. The third-order valence-electron chi connectivity index (χ3n) is 2.52. The van der Waals surface area contributed by atoms with Gasteiger partial charge in [-0.1, -0.05) is 0 Å². The number of methoxy groups -OCH3 is 1. The first-order valence-electron chi connectivity index (χ1n) is 5.25. The van der Waals surface area contributed by atoms with Crippen molar-refractivity contribution in [2.24, 2.45) is 0 Å². The molecule has 18 heavy (non-hydrogen) atoms. The van der Waals surface area contributed by atoms with Crippen molar-refractivity contribution in [3.8, 4) is 17.3 Å². The average molecular weight is 242 g/mol. The number of fused-ring (bicyclic) bond motifs is 1. The van der Waals surface area contributed by atoms with E-state index in [0.717, 1.165) is 5.56 Å². The summed E-state index contributed by atoms with van der Waals surface area (Å²) in [6.45, 7) is 0. The molecule has 0 unspecified atom stereocenters. The van der Waals surface area contributed by atoms with Crippen LogP contribution in [0.15, 0.2) is 24.7 Å². The molecular formula is C11H10N6O. The number of nitrogens with two attached hydrogens (primary N) is 1. The minimum Gasteiger partial charge on any atom is -0.481 e. The zero-order valence-electron chi connectivity index (χ0n) is 9.58. The van der Waals surface area contributed by atoms with Gasteiger partial charge in [-0.05, 0) is 6.07 Å². The molecule has 0 atom stereocenters. The molecule has 3 rings (SSSR count). The van der Waals surface area contributed by atoms with Crippen molar-refractivity contribution in [2.45, 2.75) is 0 Å². The summed E-state index contributed by atoms with van der Waals surface area (Å²) in [7, 11) is 1.56. The van der Waals surface area contributed by atoms with Gasteiger partial charge in [-0.15, -0.1) is 0 Å². The van der Waals surface area contributed by atoms with E-state index < -0.39 is 0 Å². The van der Waals surface area contributed by atoms with Crippen LogP contribution in [0.4, 0.5) is 5.82 Å². The normalized spacial score (nSPS) is 10.7. The Morgan fingerprint density at radius 2 is 2.11 bits per heavy atom.